The molecule has 0 aromatic heterocycles. The van der Waals surface area contributed by atoms with Crippen LogP contribution in [0.2, 0.25) is 0 Å². The van der Waals surface area contributed by atoms with Crippen molar-refractivity contribution in [3.8, 4) is 11.1 Å². The molecule has 2 nitrogen and oxygen atoms in total. The molecule has 0 saturated carbocycles. The van der Waals surface area contributed by atoms with Gasteiger partial charge < -0.3 is 0 Å². The van der Waals surface area contributed by atoms with Crippen molar-refractivity contribution in [2.75, 3.05) is 5.43 Å². The van der Waals surface area contributed by atoms with E-state index in [2.05, 4.69) is 75.0 Å². The third kappa shape index (κ3) is 3.88. The normalized spacial score (nSPS) is 11.3. The van der Waals surface area contributed by atoms with Crippen molar-refractivity contribution in [2.24, 2.45) is 5.10 Å². The molecule has 3 aromatic carbocycles. The number of halogens is 1. The number of anilines is 1. The number of nitrogens with one attached hydrogen (secondary N) is 1. The molecule has 114 valence electrons. The smallest absolute Gasteiger partial charge is 0.0703 e. The van der Waals surface area contributed by atoms with Crippen molar-refractivity contribution in [3.63, 3.8) is 0 Å². The highest BCUT2D eigenvalue weighted by Crippen LogP contribution is 2.22. The Morgan fingerprint density at radius 1 is 0.783 bits per heavy atom. The fraction of sp³-hybridized carbons (Fsp3) is 0.0500. The van der Waals surface area contributed by atoms with Gasteiger partial charge in [-0.15, -0.1) is 0 Å². The molecule has 0 fully saturated rings. The van der Waals surface area contributed by atoms with Crippen LogP contribution in [0.25, 0.3) is 11.1 Å². The van der Waals surface area contributed by atoms with E-state index in [0.29, 0.717) is 0 Å². The molecule has 3 aromatic rings. The summed E-state index contributed by atoms with van der Waals surface area (Å²) in [6.07, 6.45) is 0. The summed E-state index contributed by atoms with van der Waals surface area (Å²) >= 11 is 3.51. The van der Waals surface area contributed by atoms with E-state index in [9.17, 15) is 0 Å². The van der Waals surface area contributed by atoms with Crippen LogP contribution in [0.15, 0.2) is 88.4 Å². The summed E-state index contributed by atoms with van der Waals surface area (Å²) in [5, 5.41) is 4.46. The van der Waals surface area contributed by atoms with Gasteiger partial charge in [0.05, 0.1) is 11.4 Å². The minimum atomic E-state index is 0.945. The Morgan fingerprint density at radius 3 is 2.09 bits per heavy atom. The molecule has 0 spiro atoms. The van der Waals surface area contributed by atoms with Crippen molar-refractivity contribution in [2.45, 2.75) is 6.92 Å². The zero-order valence-corrected chi connectivity index (χ0v) is 14.4. The summed E-state index contributed by atoms with van der Waals surface area (Å²) in [7, 11) is 0. The Balaban J connectivity index is 1.76. The first-order valence-electron chi connectivity index (χ1n) is 7.45. The predicted octanol–water partition coefficient (Wildman–Crippen LogP) is 5.95. The Bertz CT molecular complexity index is 809. The number of hydrogen-bond donors (Lipinski definition) is 1. The second-order valence-electron chi connectivity index (χ2n) is 5.23. The number of benzene rings is 3. The van der Waals surface area contributed by atoms with Gasteiger partial charge in [-0.2, -0.15) is 5.10 Å². The number of rotatable bonds is 4. The maximum Gasteiger partial charge on any atom is 0.0703 e. The van der Waals surface area contributed by atoms with Crippen LogP contribution in [-0.2, 0) is 0 Å². The van der Waals surface area contributed by atoms with Crippen molar-refractivity contribution in [1.82, 2.24) is 0 Å². The highest BCUT2D eigenvalue weighted by Gasteiger charge is 2.01. The van der Waals surface area contributed by atoms with Crippen LogP contribution < -0.4 is 5.43 Å². The fourth-order valence-corrected chi connectivity index (χ4v) is 2.67. The van der Waals surface area contributed by atoms with Gasteiger partial charge in [0.25, 0.3) is 0 Å². The molecule has 3 rings (SSSR count). The molecular formula is C20H17BrN2. The quantitative estimate of drug-likeness (QED) is 0.448. The van der Waals surface area contributed by atoms with Gasteiger partial charge in [0.2, 0.25) is 0 Å². The van der Waals surface area contributed by atoms with Crippen LogP contribution in [0.5, 0.6) is 0 Å². The van der Waals surface area contributed by atoms with Gasteiger partial charge in [-0.25, -0.2) is 0 Å². The molecule has 0 saturated heterocycles. The van der Waals surface area contributed by atoms with Crippen LogP contribution in [0, 0.1) is 0 Å². The van der Waals surface area contributed by atoms with E-state index < -0.39 is 0 Å². The first-order chi connectivity index (χ1) is 11.2. The molecular weight excluding hydrogens is 348 g/mol. The van der Waals surface area contributed by atoms with Crippen LogP contribution in [0.4, 0.5) is 5.69 Å². The summed E-state index contributed by atoms with van der Waals surface area (Å²) in [6, 6.07) is 26.8. The SMILES string of the molecule is CC(=NNc1ccccc1Br)c1ccc(-c2ccccc2)cc1. The topological polar surface area (TPSA) is 24.4 Å². The molecule has 23 heavy (non-hydrogen) atoms. The van der Waals surface area contributed by atoms with E-state index >= 15 is 0 Å². The lowest BCUT2D eigenvalue weighted by atomic mass is 10.0. The standard InChI is InChI=1S/C20H17BrN2/c1-15(22-23-20-10-6-5-9-19(20)21)16-11-13-18(14-12-16)17-7-3-2-4-8-17/h2-14,23H,1H3. The van der Waals surface area contributed by atoms with Crippen molar-refractivity contribution < 1.29 is 0 Å². The van der Waals surface area contributed by atoms with Crippen LogP contribution in [0.1, 0.15) is 12.5 Å². The lowest BCUT2D eigenvalue weighted by Gasteiger charge is -2.07. The highest BCUT2D eigenvalue weighted by molar-refractivity contribution is 9.10. The molecule has 0 unspecified atom stereocenters. The van der Waals surface area contributed by atoms with Gasteiger partial charge in [0.15, 0.2) is 0 Å². The minimum absolute atomic E-state index is 0.945. The summed E-state index contributed by atoms with van der Waals surface area (Å²) in [4.78, 5) is 0. The Morgan fingerprint density at radius 2 is 1.39 bits per heavy atom. The second kappa shape index (κ2) is 7.25. The van der Waals surface area contributed by atoms with Gasteiger partial charge in [-0.3, -0.25) is 5.43 Å². The molecule has 0 radical (unpaired) electrons. The molecule has 0 bridgehead atoms. The lowest BCUT2D eigenvalue weighted by Crippen LogP contribution is -2.00. The average Bonchev–Trinajstić information content (AvgIpc) is 2.62. The molecule has 0 aliphatic heterocycles. The molecule has 1 N–H and O–H groups in total. The highest BCUT2D eigenvalue weighted by atomic mass is 79.9. The van der Waals surface area contributed by atoms with Crippen LogP contribution in [-0.4, -0.2) is 5.71 Å². The van der Waals surface area contributed by atoms with Crippen molar-refractivity contribution >= 4 is 27.3 Å². The third-order valence-corrected chi connectivity index (χ3v) is 4.32. The summed E-state index contributed by atoms with van der Waals surface area (Å²) in [6.45, 7) is 2.00. The van der Waals surface area contributed by atoms with Gasteiger partial charge in [-0.1, -0.05) is 66.7 Å². The van der Waals surface area contributed by atoms with E-state index in [0.717, 1.165) is 21.4 Å². The first-order valence-corrected chi connectivity index (χ1v) is 8.24. The largest absolute Gasteiger partial charge is 0.277 e. The Labute approximate surface area is 145 Å². The first kappa shape index (κ1) is 15.5. The number of nitrogens with zero attached hydrogens (tertiary/aromatic N) is 1. The molecule has 0 aliphatic carbocycles. The number of para-hydroxylation sites is 1. The van der Waals surface area contributed by atoms with Crippen LogP contribution >= 0.6 is 15.9 Å². The Hall–Kier alpha value is -2.39. The monoisotopic (exact) mass is 364 g/mol. The zero-order chi connectivity index (χ0) is 16.1. The lowest BCUT2D eigenvalue weighted by molar-refractivity contribution is 1.31. The Kier molecular flexibility index (Phi) is 4.89. The molecule has 3 heteroatoms. The minimum Gasteiger partial charge on any atom is -0.277 e. The van der Waals surface area contributed by atoms with E-state index in [1.54, 1.807) is 0 Å². The van der Waals surface area contributed by atoms with E-state index in [1.807, 2.05) is 37.3 Å². The molecule has 0 heterocycles. The van der Waals surface area contributed by atoms with Crippen LogP contribution in [0.3, 0.4) is 0 Å². The number of hydrazone groups is 1. The van der Waals surface area contributed by atoms with Gasteiger partial charge >= 0.3 is 0 Å². The predicted molar refractivity (Wildman–Crippen MR) is 102 cm³/mol. The van der Waals surface area contributed by atoms with E-state index in [-0.39, 0.29) is 0 Å². The van der Waals surface area contributed by atoms with Crippen molar-refractivity contribution in [3.05, 3.63) is 88.9 Å². The maximum atomic E-state index is 4.46. The number of hydrogen-bond acceptors (Lipinski definition) is 2. The summed E-state index contributed by atoms with van der Waals surface area (Å²) in [5.41, 5.74) is 8.53. The zero-order valence-electron chi connectivity index (χ0n) is 12.8. The maximum absolute atomic E-state index is 4.46. The average molecular weight is 365 g/mol. The third-order valence-electron chi connectivity index (χ3n) is 3.63. The van der Waals surface area contributed by atoms with E-state index in [4.69, 9.17) is 0 Å². The van der Waals surface area contributed by atoms with Gasteiger partial charge in [0.1, 0.15) is 0 Å². The molecule has 0 amide bonds. The summed E-state index contributed by atoms with van der Waals surface area (Å²) in [5.74, 6) is 0. The van der Waals surface area contributed by atoms with Gasteiger partial charge in [0, 0.05) is 4.47 Å². The van der Waals surface area contributed by atoms with Crippen molar-refractivity contribution in [1.29, 1.82) is 0 Å². The molecule has 0 aliphatic rings. The van der Waals surface area contributed by atoms with E-state index in [1.165, 1.54) is 11.1 Å². The molecule has 0 atom stereocenters. The summed E-state index contributed by atoms with van der Waals surface area (Å²) < 4.78 is 0.996. The second-order valence-corrected chi connectivity index (χ2v) is 6.09. The van der Waals surface area contributed by atoms with Gasteiger partial charge in [-0.05, 0) is 51.7 Å². The fourth-order valence-electron chi connectivity index (χ4n) is 2.29.